The summed E-state index contributed by atoms with van der Waals surface area (Å²) in [4.78, 5) is 44.8. The van der Waals surface area contributed by atoms with Crippen molar-refractivity contribution in [3.8, 4) is 0 Å². The van der Waals surface area contributed by atoms with Gasteiger partial charge in [-0.15, -0.1) is 0 Å². The molecule has 3 amide bonds. The Kier molecular flexibility index (Phi) is 5.68. The van der Waals surface area contributed by atoms with Gasteiger partial charge in [-0.25, -0.2) is 0 Å². The average Bonchev–Trinajstić information content (AvgIpc) is 2.85. The Morgan fingerprint density at radius 1 is 0.879 bits per heavy atom. The molecule has 0 spiro atoms. The fraction of sp³-hybridized carbons (Fsp3) is 0.296. The minimum absolute atomic E-state index is 0.0141. The highest BCUT2D eigenvalue weighted by Crippen LogP contribution is 2.30. The van der Waals surface area contributed by atoms with Crippen molar-refractivity contribution in [3.63, 3.8) is 0 Å². The summed E-state index contributed by atoms with van der Waals surface area (Å²) in [5.74, 6) is -0.492. The van der Waals surface area contributed by atoms with E-state index in [1.54, 1.807) is 12.1 Å². The Balaban J connectivity index is 1.28. The molecule has 33 heavy (non-hydrogen) atoms. The molecule has 1 atom stereocenters. The molecule has 6 nitrogen and oxygen atoms in total. The van der Waals surface area contributed by atoms with Gasteiger partial charge in [0, 0.05) is 49.1 Å². The molecule has 1 saturated heterocycles. The van der Waals surface area contributed by atoms with Gasteiger partial charge in [0.05, 0.1) is 6.04 Å². The van der Waals surface area contributed by atoms with E-state index in [0.29, 0.717) is 30.5 Å². The van der Waals surface area contributed by atoms with Crippen LogP contribution in [-0.4, -0.2) is 65.6 Å². The van der Waals surface area contributed by atoms with Gasteiger partial charge >= 0.3 is 0 Å². The first-order valence-electron chi connectivity index (χ1n) is 11.5. The van der Waals surface area contributed by atoms with Gasteiger partial charge in [-0.2, -0.15) is 0 Å². The summed E-state index contributed by atoms with van der Waals surface area (Å²) >= 11 is 0. The SMILES string of the molecule is CN1CCN(C(=O)CCCN2C(=O)c3cccc4cccc(c34)C2=O)C(c2ccccc2)C1. The van der Waals surface area contributed by atoms with Crippen LogP contribution in [0, 0.1) is 0 Å². The van der Waals surface area contributed by atoms with Gasteiger partial charge in [-0.1, -0.05) is 54.6 Å². The van der Waals surface area contributed by atoms with Crippen molar-refractivity contribution in [2.45, 2.75) is 18.9 Å². The highest BCUT2D eigenvalue weighted by Gasteiger charge is 2.33. The first-order valence-corrected chi connectivity index (χ1v) is 11.5. The van der Waals surface area contributed by atoms with Gasteiger partial charge in [0.25, 0.3) is 11.8 Å². The minimum atomic E-state index is -0.279. The van der Waals surface area contributed by atoms with Crippen molar-refractivity contribution in [2.75, 3.05) is 33.2 Å². The third-order valence-corrected chi connectivity index (χ3v) is 6.72. The van der Waals surface area contributed by atoms with E-state index in [1.165, 1.54) is 4.90 Å². The second kappa shape index (κ2) is 8.79. The summed E-state index contributed by atoms with van der Waals surface area (Å²) in [6.45, 7) is 2.53. The van der Waals surface area contributed by atoms with E-state index in [0.717, 1.165) is 29.4 Å². The number of hydrogen-bond donors (Lipinski definition) is 0. The molecular formula is C27H27N3O3. The molecule has 3 aromatic rings. The summed E-state index contributed by atoms with van der Waals surface area (Å²) in [5, 5.41) is 1.62. The Labute approximate surface area is 193 Å². The lowest BCUT2D eigenvalue weighted by molar-refractivity contribution is -0.136. The zero-order chi connectivity index (χ0) is 22.9. The van der Waals surface area contributed by atoms with Crippen molar-refractivity contribution in [1.29, 1.82) is 0 Å². The third kappa shape index (κ3) is 3.91. The number of hydrogen-bond acceptors (Lipinski definition) is 4. The molecule has 0 radical (unpaired) electrons. The molecule has 168 valence electrons. The van der Waals surface area contributed by atoms with Crippen LogP contribution in [0.25, 0.3) is 10.8 Å². The summed E-state index contributed by atoms with van der Waals surface area (Å²) in [7, 11) is 2.07. The van der Waals surface area contributed by atoms with E-state index in [-0.39, 0.29) is 30.3 Å². The maximum atomic E-state index is 13.2. The Morgan fingerprint density at radius 2 is 1.55 bits per heavy atom. The van der Waals surface area contributed by atoms with Crippen LogP contribution in [0.15, 0.2) is 66.7 Å². The molecule has 6 heteroatoms. The van der Waals surface area contributed by atoms with E-state index >= 15 is 0 Å². The summed E-state index contributed by atoms with van der Waals surface area (Å²) in [6.07, 6.45) is 0.748. The molecular weight excluding hydrogens is 414 g/mol. The number of imide groups is 1. The van der Waals surface area contributed by atoms with Crippen molar-refractivity contribution >= 4 is 28.5 Å². The lowest BCUT2D eigenvalue weighted by Gasteiger charge is -2.40. The predicted molar refractivity (Wildman–Crippen MR) is 127 cm³/mol. The summed E-state index contributed by atoms with van der Waals surface area (Å²) in [5.41, 5.74) is 2.23. The van der Waals surface area contributed by atoms with Crippen LogP contribution in [0.4, 0.5) is 0 Å². The standard InChI is InChI=1S/C27H27N3O3/c1-28-16-17-29(23(18-28)19-8-3-2-4-9-19)24(31)14-7-15-30-26(32)21-12-5-10-20-11-6-13-22(25(20)21)27(30)33/h2-6,8-13,23H,7,14-18H2,1H3. The molecule has 0 saturated carbocycles. The second-order valence-electron chi connectivity index (χ2n) is 8.85. The summed E-state index contributed by atoms with van der Waals surface area (Å²) < 4.78 is 0. The number of carbonyl (C=O) groups is 3. The number of amides is 3. The minimum Gasteiger partial charge on any atom is -0.333 e. The number of likely N-dealkylation sites (N-methyl/N-ethyl adjacent to an activating group) is 1. The molecule has 1 unspecified atom stereocenters. The molecule has 1 fully saturated rings. The quantitative estimate of drug-likeness (QED) is 0.566. The number of carbonyl (C=O) groups excluding carboxylic acids is 3. The number of piperazine rings is 1. The number of benzene rings is 3. The molecule has 0 N–H and O–H groups in total. The van der Waals surface area contributed by atoms with Gasteiger partial charge in [0.1, 0.15) is 0 Å². The molecule has 0 bridgehead atoms. The fourth-order valence-corrected chi connectivity index (χ4v) is 4.99. The molecule has 0 aliphatic carbocycles. The molecule has 3 aromatic carbocycles. The van der Waals surface area contributed by atoms with Crippen LogP contribution >= 0.6 is 0 Å². The maximum absolute atomic E-state index is 13.2. The average molecular weight is 442 g/mol. The Bertz CT molecular complexity index is 1170. The predicted octanol–water partition coefficient (Wildman–Crippen LogP) is 3.73. The van der Waals surface area contributed by atoms with Gasteiger partial charge in [0.2, 0.25) is 5.91 Å². The Hall–Kier alpha value is -3.51. The highest BCUT2D eigenvalue weighted by molar-refractivity contribution is 6.25. The number of nitrogens with zero attached hydrogens (tertiary/aromatic N) is 3. The first-order chi connectivity index (χ1) is 16.0. The van der Waals surface area contributed by atoms with Crippen LogP contribution in [0.5, 0.6) is 0 Å². The maximum Gasteiger partial charge on any atom is 0.261 e. The fourth-order valence-electron chi connectivity index (χ4n) is 4.99. The van der Waals surface area contributed by atoms with Crippen molar-refractivity contribution in [3.05, 3.63) is 83.4 Å². The van der Waals surface area contributed by atoms with E-state index in [4.69, 9.17) is 0 Å². The van der Waals surface area contributed by atoms with Crippen molar-refractivity contribution in [1.82, 2.24) is 14.7 Å². The van der Waals surface area contributed by atoms with Crippen molar-refractivity contribution in [2.24, 2.45) is 0 Å². The first kappa shape index (κ1) is 21.3. The van der Waals surface area contributed by atoms with E-state index in [2.05, 4.69) is 24.1 Å². The van der Waals surface area contributed by atoms with E-state index in [9.17, 15) is 14.4 Å². The van der Waals surface area contributed by atoms with Gasteiger partial charge < -0.3 is 9.80 Å². The lowest BCUT2D eigenvalue weighted by atomic mass is 9.94. The molecule has 2 heterocycles. The largest absolute Gasteiger partial charge is 0.333 e. The third-order valence-electron chi connectivity index (χ3n) is 6.72. The molecule has 5 rings (SSSR count). The normalized spacial score (nSPS) is 18.8. The van der Waals surface area contributed by atoms with Gasteiger partial charge in [0.15, 0.2) is 0 Å². The zero-order valence-corrected chi connectivity index (χ0v) is 18.7. The van der Waals surface area contributed by atoms with E-state index < -0.39 is 0 Å². The van der Waals surface area contributed by atoms with Crippen molar-refractivity contribution < 1.29 is 14.4 Å². The molecule has 0 aromatic heterocycles. The zero-order valence-electron chi connectivity index (χ0n) is 18.7. The number of rotatable bonds is 5. The van der Waals surface area contributed by atoms with E-state index in [1.807, 2.05) is 47.4 Å². The van der Waals surface area contributed by atoms with Gasteiger partial charge in [-0.3, -0.25) is 19.3 Å². The topological polar surface area (TPSA) is 60.9 Å². The lowest BCUT2D eigenvalue weighted by Crippen LogP contribution is -2.49. The Morgan fingerprint density at radius 3 is 2.21 bits per heavy atom. The second-order valence-corrected chi connectivity index (χ2v) is 8.85. The highest BCUT2D eigenvalue weighted by atomic mass is 16.2. The van der Waals surface area contributed by atoms with Crippen LogP contribution in [0.3, 0.4) is 0 Å². The molecule has 2 aliphatic rings. The van der Waals surface area contributed by atoms with Crippen LogP contribution in [0.1, 0.15) is 45.2 Å². The van der Waals surface area contributed by atoms with Gasteiger partial charge in [-0.05, 0) is 36.6 Å². The van der Waals surface area contributed by atoms with Crippen LogP contribution < -0.4 is 0 Å². The smallest absolute Gasteiger partial charge is 0.261 e. The molecule has 2 aliphatic heterocycles. The monoisotopic (exact) mass is 441 g/mol. The summed E-state index contributed by atoms with van der Waals surface area (Å²) in [6, 6.07) is 21.2. The van der Waals surface area contributed by atoms with Crippen LogP contribution in [-0.2, 0) is 4.79 Å². The van der Waals surface area contributed by atoms with Crippen LogP contribution in [0.2, 0.25) is 0 Å².